The smallest absolute Gasteiger partial charge is 0.252 e. The highest BCUT2D eigenvalue weighted by Gasteiger charge is 2.15. The van der Waals surface area contributed by atoms with Gasteiger partial charge in [-0.25, -0.2) is 4.98 Å². The summed E-state index contributed by atoms with van der Waals surface area (Å²) < 4.78 is 0. The molecule has 2 aromatic rings. The van der Waals surface area contributed by atoms with E-state index in [1.165, 1.54) is 12.3 Å². The molecule has 0 unspecified atom stereocenters. The molecule has 18 heavy (non-hydrogen) atoms. The number of pyridine rings is 2. The van der Waals surface area contributed by atoms with E-state index in [0.717, 1.165) is 5.69 Å². The van der Waals surface area contributed by atoms with Gasteiger partial charge < -0.3 is 16.4 Å². The maximum Gasteiger partial charge on any atom is 0.252 e. The van der Waals surface area contributed by atoms with Crippen LogP contribution < -0.4 is 16.4 Å². The van der Waals surface area contributed by atoms with E-state index in [9.17, 15) is 4.79 Å². The van der Waals surface area contributed by atoms with Crippen molar-refractivity contribution in [1.82, 2.24) is 9.97 Å². The van der Waals surface area contributed by atoms with E-state index in [0.29, 0.717) is 11.5 Å². The monoisotopic (exact) mass is 243 g/mol. The first kappa shape index (κ1) is 11.8. The van der Waals surface area contributed by atoms with Crippen LogP contribution in [0.15, 0.2) is 36.8 Å². The van der Waals surface area contributed by atoms with Gasteiger partial charge in [0.05, 0.1) is 29.3 Å². The van der Waals surface area contributed by atoms with Crippen molar-refractivity contribution in [2.24, 2.45) is 5.73 Å². The van der Waals surface area contributed by atoms with Crippen LogP contribution in [-0.2, 0) is 0 Å². The van der Waals surface area contributed by atoms with Gasteiger partial charge in [0, 0.05) is 13.2 Å². The number of hydrogen-bond donors (Lipinski definition) is 2. The molecular formula is C12H13N5O. The summed E-state index contributed by atoms with van der Waals surface area (Å²) in [5, 5.41) is 0. The minimum Gasteiger partial charge on any atom is -0.397 e. The maximum absolute atomic E-state index is 11.4. The van der Waals surface area contributed by atoms with Crippen molar-refractivity contribution < 1.29 is 4.79 Å². The Balaban J connectivity index is 2.48. The van der Waals surface area contributed by atoms with Crippen LogP contribution >= 0.6 is 0 Å². The molecule has 0 radical (unpaired) electrons. The lowest BCUT2D eigenvalue weighted by Crippen LogP contribution is -2.20. The van der Waals surface area contributed by atoms with E-state index >= 15 is 0 Å². The molecular weight excluding hydrogens is 230 g/mol. The number of amides is 1. The molecule has 0 spiro atoms. The summed E-state index contributed by atoms with van der Waals surface area (Å²) in [4.78, 5) is 21.3. The summed E-state index contributed by atoms with van der Waals surface area (Å²) in [5.74, 6) is -0.120. The molecule has 2 rings (SSSR count). The summed E-state index contributed by atoms with van der Waals surface area (Å²) in [6.45, 7) is 0. The third-order valence-electron chi connectivity index (χ3n) is 2.50. The quantitative estimate of drug-likeness (QED) is 0.835. The van der Waals surface area contributed by atoms with Crippen LogP contribution in [0.1, 0.15) is 10.4 Å². The lowest BCUT2D eigenvalue weighted by molar-refractivity contribution is 0.100. The van der Waals surface area contributed by atoms with Gasteiger partial charge >= 0.3 is 0 Å². The van der Waals surface area contributed by atoms with Crippen LogP contribution in [-0.4, -0.2) is 22.9 Å². The molecule has 0 aliphatic heterocycles. The Morgan fingerprint density at radius 3 is 2.78 bits per heavy atom. The van der Waals surface area contributed by atoms with Crippen molar-refractivity contribution in [3.05, 3.63) is 42.4 Å². The van der Waals surface area contributed by atoms with Crippen molar-refractivity contribution in [2.75, 3.05) is 17.7 Å². The van der Waals surface area contributed by atoms with Gasteiger partial charge in [-0.3, -0.25) is 9.78 Å². The second kappa shape index (κ2) is 4.70. The van der Waals surface area contributed by atoms with E-state index < -0.39 is 5.91 Å². The van der Waals surface area contributed by atoms with Crippen molar-refractivity contribution in [1.29, 1.82) is 0 Å². The molecule has 0 saturated heterocycles. The molecule has 0 aliphatic rings. The predicted octanol–water partition coefficient (Wildman–Crippen LogP) is 0.926. The Hall–Kier alpha value is -2.63. The molecule has 4 N–H and O–H groups in total. The largest absolute Gasteiger partial charge is 0.397 e. The van der Waals surface area contributed by atoms with Crippen molar-refractivity contribution in [2.45, 2.75) is 0 Å². The first-order valence-corrected chi connectivity index (χ1v) is 5.28. The molecule has 0 fully saturated rings. The number of carbonyl (C=O) groups excluding carboxylic acids is 1. The molecule has 2 heterocycles. The molecule has 0 atom stereocenters. The Kier molecular flexibility index (Phi) is 3.09. The molecule has 2 aromatic heterocycles. The summed E-state index contributed by atoms with van der Waals surface area (Å²) in [6, 6.07) is 5.17. The van der Waals surface area contributed by atoms with Gasteiger partial charge in [0.1, 0.15) is 5.82 Å². The molecule has 0 bridgehead atoms. The van der Waals surface area contributed by atoms with Gasteiger partial charge in [0.15, 0.2) is 0 Å². The fraction of sp³-hybridized carbons (Fsp3) is 0.0833. The first-order chi connectivity index (χ1) is 8.59. The van der Waals surface area contributed by atoms with Gasteiger partial charge in [0.2, 0.25) is 0 Å². The standard InChI is InChI=1S/C12H13N5O/c1-17(9-3-2-4-15-7-9)12-10(11(14)18)5-8(13)6-16-12/h2-7H,13H2,1H3,(H2,14,18). The number of hydrogen-bond acceptors (Lipinski definition) is 5. The Labute approximate surface area is 104 Å². The van der Waals surface area contributed by atoms with Crippen LogP contribution in [0.4, 0.5) is 17.2 Å². The summed E-state index contributed by atoms with van der Waals surface area (Å²) in [5.41, 5.74) is 12.4. The second-order valence-corrected chi connectivity index (χ2v) is 3.77. The van der Waals surface area contributed by atoms with Crippen molar-refractivity contribution >= 4 is 23.1 Å². The summed E-state index contributed by atoms with van der Waals surface area (Å²) in [7, 11) is 1.78. The first-order valence-electron chi connectivity index (χ1n) is 5.28. The highest BCUT2D eigenvalue weighted by molar-refractivity contribution is 5.99. The van der Waals surface area contributed by atoms with Crippen molar-refractivity contribution in [3.63, 3.8) is 0 Å². The number of primary amides is 1. The number of nitrogen functional groups attached to an aromatic ring is 1. The number of aromatic nitrogens is 2. The molecule has 0 aromatic carbocycles. The van der Waals surface area contributed by atoms with Crippen LogP contribution in [0.5, 0.6) is 0 Å². The number of anilines is 3. The molecule has 1 amide bonds. The third-order valence-corrected chi connectivity index (χ3v) is 2.50. The minimum absolute atomic E-state index is 0.279. The zero-order valence-corrected chi connectivity index (χ0v) is 9.87. The predicted molar refractivity (Wildman–Crippen MR) is 69.5 cm³/mol. The van der Waals surface area contributed by atoms with E-state index in [4.69, 9.17) is 11.5 Å². The molecule has 6 nitrogen and oxygen atoms in total. The zero-order chi connectivity index (χ0) is 13.1. The van der Waals surface area contributed by atoms with E-state index in [-0.39, 0.29) is 5.56 Å². The fourth-order valence-corrected chi connectivity index (χ4v) is 1.60. The summed E-state index contributed by atoms with van der Waals surface area (Å²) in [6.07, 6.45) is 4.82. The molecule has 0 saturated carbocycles. The Morgan fingerprint density at radius 1 is 1.39 bits per heavy atom. The molecule has 6 heteroatoms. The lowest BCUT2D eigenvalue weighted by Gasteiger charge is -2.20. The van der Waals surface area contributed by atoms with Crippen LogP contribution in [0, 0.1) is 0 Å². The van der Waals surface area contributed by atoms with Crippen LogP contribution in [0.25, 0.3) is 0 Å². The minimum atomic E-state index is -0.569. The normalized spacial score (nSPS) is 10.1. The Morgan fingerprint density at radius 2 is 2.17 bits per heavy atom. The van der Waals surface area contributed by atoms with Crippen molar-refractivity contribution in [3.8, 4) is 0 Å². The Bertz CT molecular complexity index is 570. The van der Waals surface area contributed by atoms with Crippen LogP contribution in [0.2, 0.25) is 0 Å². The highest BCUT2D eigenvalue weighted by Crippen LogP contribution is 2.25. The van der Waals surface area contributed by atoms with Gasteiger partial charge in [-0.05, 0) is 18.2 Å². The van der Waals surface area contributed by atoms with Crippen LogP contribution in [0.3, 0.4) is 0 Å². The number of nitrogens with zero attached hydrogens (tertiary/aromatic N) is 3. The van der Waals surface area contributed by atoms with Gasteiger partial charge in [-0.1, -0.05) is 0 Å². The van der Waals surface area contributed by atoms with Gasteiger partial charge in [-0.15, -0.1) is 0 Å². The van der Waals surface area contributed by atoms with Gasteiger partial charge in [-0.2, -0.15) is 0 Å². The number of nitrogens with two attached hydrogens (primary N) is 2. The van der Waals surface area contributed by atoms with E-state index in [2.05, 4.69) is 9.97 Å². The highest BCUT2D eigenvalue weighted by atomic mass is 16.1. The number of rotatable bonds is 3. The summed E-state index contributed by atoms with van der Waals surface area (Å²) >= 11 is 0. The molecule has 0 aliphatic carbocycles. The fourth-order valence-electron chi connectivity index (χ4n) is 1.60. The average molecular weight is 243 g/mol. The number of carbonyl (C=O) groups is 1. The zero-order valence-electron chi connectivity index (χ0n) is 9.87. The van der Waals surface area contributed by atoms with Gasteiger partial charge in [0.25, 0.3) is 5.91 Å². The van der Waals surface area contributed by atoms with E-state index in [1.807, 2.05) is 6.07 Å². The second-order valence-electron chi connectivity index (χ2n) is 3.77. The lowest BCUT2D eigenvalue weighted by atomic mass is 10.2. The third kappa shape index (κ3) is 2.22. The van der Waals surface area contributed by atoms with E-state index in [1.54, 1.807) is 30.4 Å². The maximum atomic E-state index is 11.4. The molecule has 92 valence electrons. The average Bonchev–Trinajstić information content (AvgIpc) is 2.39. The topological polar surface area (TPSA) is 98.1 Å². The SMILES string of the molecule is CN(c1cccnc1)c1ncc(N)cc1C(N)=O.